The van der Waals surface area contributed by atoms with Gasteiger partial charge in [-0.05, 0) is 43.3 Å². The molecule has 0 bridgehead atoms. The summed E-state index contributed by atoms with van der Waals surface area (Å²) in [5, 5.41) is 0. The highest BCUT2D eigenvalue weighted by molar-refractivity contribution is 5.97. The van der Waals surface area contributed by atoms with Crippen molar-refractivity contribution >= 4 is 22.6 Å². The van der Waals surface area contributed by atoms with E-state index in [2.05, 4.69) is 10.6 Å². The molecule has 4 aromatic rings. The SMILES string of the molecule is CCOc1ccccc1OCCn1c(C2CC(=O)N(c3ccccc3OC)C2)nc2ccccc21. The molecule has 5 rings (SSSR count). The Morgan fingerprint density at radius 1 is 0.914 bits per heavy atom. The Bertz CT molecular complexity index is 1330. The lowest BCUT2D eigenvalue weighted by Crippen LogP contribution is -2.25. The first kappa shape index (κ1) is 22.8. The average molecular weight is 472 g/mol. The highest BCUT2D eigenvalue weighted by Gasteiger charge is 2.35. The van der Waals surface area contributed by atoms with Gasteiger partial charge in [0.2, 0.25) is 5.91 Å². The maximum absolute atomic E-state index is 13.0. The number of amides is 1. The number of hydrogen-bond donors (Lipinski definition) is 0. The lowest BCUT2D eigenvalue weighted by atomic mass is 10.1. The second-order valence-electron chi connectivity index (χ2n) is 8.42. The van der Waals surface area contributed by atoms with Crippen molar-refractivity contribution in [1.82, 2.24) is 9.55 Å². The van der Waals surface area contributed by atoms with Crippen LogP contribution in [0.3, 0.4) is 0 Å². The fourth-order valence-corrected chi connectivity index (χ4v) is 4.70. The Kier molecular flexibility index (Phi) is 6.57. The summed E-state index contributed by atoms with van der Waals surface area (Å²) in [6.07, 6.45) is 0.398. The van der Waals surface area contributed by atoms with Gasteiger partial charge in [-0.25, -0.2) is 4.98 Å². The van der Waals surface area contributed by atoms with Crippen molar-refractivity contribution in [3.05, 3.63) is 78.6 Å². The maximum atomic E-state index is 13.0. The van der Waals surface area contributed by atoms with Crippen molar-refractivity contribution in [1.29, 1.82) is 0 Å². The van der Waals surface area contributed by atoms with Gasteiger partial charge in [0.1, 0.15) is 18.2 Å². The minimum atomic E-state index is -0.0319. The number of aromatic nitrogens is 2. The lowest BCUT2D eigenvalue weighted by molar-refractivity contribution is -0.117. The van der Waals surface area contributed by atoms with E-state index in [-0.39, 0.29) is 11.8 Å². The number of hydrogen-bond acceptors (Lipinski definition) is 5. The minimum absolute atomic E-state index is 0.0319. The van der Waals surface area contributed by atoms with Gasteiger partial charge in [0.05, 0.1) is 37.0 Å². The molecule has 0 saturated carbocycles. The molecule has 0 aliphatic carbocycles. The van der Waals surface area contributed by atoms with Crippen LogP contribution in [0.2, 0.25) is 0 Å². The van der Waals surface area contributed by atoms with Crippen LogP contribution >= 0.6 is 0 Å². The fourth-order valence-electron chi connectivity index (χ4n) is 4.70. The van der Waals surface area contributed by atoms with Gasteiger partial charge in [0.15, 0.2) is 11.5 Å². The molecule has 180 valence electrons. The predicted octanol–water partition coefficient (Wildman–Crippen LogP) is 5.04. The number of para-hydroxylation sites is 6. The van der Waals surface area contributed by atoms with E-state index in [4.69, 9.17) is 19.2 Å². The van der Waals surface area contributed by atoms with Crippen molar-refractivity contribution in [2.45, 2.75) is 25.8 Å². The van der Waals surface area contributed by atoms with E-state index < -0.39 is 0 Å². The zero-order valence-electron chi connectivity index (χ0n) is 20.0. The van der Waals surface area contributed by atoms with Crippen molar-refractivity contribution in [2.75, 3.05) is 31.8 Å². The van der Waals surface area contributed by atoms with Crippen LogP contribution in [-0.2, 0) is 11.3 Å². The topological polar surface area (TPSA) is 65.8 Å². The second kappa shape index (κ2) is 10.1. The molecule has 2 heterocycles. The Morgan fingerprint density at radius 3 is 2.37 bits per heavy atom. The summed E-state index contributed by atoms with van der Waals surface area (Å²) in [7, 11) is 1.62. The molecule has 7 nitrogen and oxygen atoms in total. The van der Waals surface area contributed by atoms with E-state index in [0.717, 1.165) is 34.0 Å². The van der Waals surface area contributed by atoms with E-state index in [9.17, 15) is 4.79 Å². The quantitative estimate of drug-likeness (QED) is 0.342. The molecule has 0 spiro atoms. The third-order valence-electron chi connectivity index (χ3n) is 6.27. The van der Waals surface area contributed by atoms with Crippen LogP contribution in [-0.4, -0.2) is 42.3 Å². The summed E-state index contributed by atoms with van der Waals surface area (Å²) in [6, 6.07) is 23.4. The Hall–Kier alpha value is -4.00. The number of nitrogens with zero attached hydrogens (tertiary/aromatic N) is 3. The molecule has 1 atom stereocenters. The van der Waals surface area contributed by atoms with E-state index >= 15 is 0 Å². The number of carbonyl (C=O) groups is 1. The van der Waals surface area contributed by atoms with Gasteiger partial charge in [-0.15, -0.1) is 0 Å². The van der Waals surface area contributed by atoms with E-state index in [1.54, 1.807) is 7.11 Å². The Balaban J connectivity index is 1.40. The van der Waals surface area contributed by atoms with E-state index in [1.165, 1.54) is 0 Å². The van der Waals surface area contributed by atoms with Crippen LogP contribution in [0.25, 0.3) is 11.0 Å². The summed E-state index contributed by atoms with van der Waals surface area (Å²) < 4.78 is 19.5. The maximum Gasteiger partial charge on any atom is 0.227 e. The lowest BCUT2D eigenvalue weighted by Gasteiger charge is -2.20. The molecular weight excluding hydrogens is 442 g/mol. The van der Waals surface area contributed by atoms with E-state index in [0.29, 0.717) is 38.5 Å². The van der Waals surface area contributed by atoms with Gasteiger partial charge in [-0.2, -0.15) is 0 Å². The smallest absolute Gasteiger partial charge is 0.227 e. The molecule has 1 unspecified atom stereocenters. The molecule has 1 amide bonds. The normalized spacial score (nSPS) is 15.5. The summed E-state index contributed by atoms with van der Waals surface area (Å²) in [5.74, 6) is 3.09. The van der Waals surface area contributed by atoms with Gasteiger partial charge < -0.3 is 23.7 Å². The summed E-state index contributed by atoms with van der Waals surface area (Å²) in [5.41, 5.74) is 2.74. The molecule has 0 N–H and O–H groups in total. The van der Waals surface area contributed by atoms with Crippen molar-refractivity contribution < 1.29 is 19.0 Å². The molecule has 35 heavy (non-hydrogen) atoms. The number of ether oxygens (including phenoxy) is 3. The third kappa shape index (κ3) is 4.54. The molecule has 7 heteroatoms. The molecule has 1 aromatic heterocycles. The minimum Gasteiger partial charge on any atom is -0.495 e. The first-order valence-electron chi connectivity index (χ1n) is 11.9. The molecule has 1 aliphatic rings. The van der Waals surface area contributed by atoms with Crippen LogP contribution in [0.15, 0.2) is 72.8 Å². The average Bonchev–Trinajstić information content (AvgIpc) is 3.45. The summed E-state index contributed by atoms with van der Waals surface area (Å²) in [4.78, 5) is 19.8. The van der Waals surface area contributed by atoms with Gasteiger partial charge in [-0.1, -0.05) is 36.4 Å². The number of carbonyl (C=O) groups excluding carboxylic acids is 1. The molecule has 1 aliphatic heterocycles. The first-order valence-corrected chi connectivity index (χ1v) is 11.9. The van der Waals surface area contributed by atoms with Crippen LogP contribution < -0.4 is 19.1 Å². The summed E-state index contributed by atoms with van der Waals surface area (Å²) >= 11 is 0. The van der Waals surface area contributed by atoms with Crippen LogP contribution in [0.5, 0.6) is 17.2 Å². The van der Waals surface area contributed by atoms with E-state index in [1.807, 2.05) is 78.6 Å². The number of methoxy groups -OCH3 is 1. The van der Waals surface area contributed by atoms with Gasteiger partial charge in [0, 0.05) is 18.9 Å². The van der Waals surface area contributed by atoms with Crippen molar-refractivity contribution in [3.63, 3.8) is 0 Å². The van der Waals surface area contributed by atoms with Crippen molar-refractivity contribution in [3.8, 4) is 17.2 Å². The van der Waals surface area contributed by atoms with Gasteiger partial charge in [-0.3, -0.25) is 4.79 Å². The van der Waals surface area contributed by atoms with Gasteiger partial charge in [0.25, 0.3) is 0 Å². The molecular formula is C28H29N3O4. The van der Waals surface area contributed by atoms with Gasteiger partial charge >= 0.3 is 0 Å². The van der Waals surface area contributed by atoms with Crippen molar-refractivity contribution in [2.24, 2.45) is 0 Å². The second-order valence-corrected chi connectivity index (χ2v) is 8.42. The predicted molar refractivity (Wildman–Crippen MR) is 136 cm³/mol. The largest absolute Gasteiger partial charge is 0.495 e. The van der Waals surface area contributed by atoms with Crippen LogP contribution in [0.4, 0.5) is 5.69 Å². The highest BCUT2D eigenvalue weighted by atomic mass is 16.5. The standard InChI is InChI=1S/C28H29N3O4/c1-3-34-25-14-8-9-15-26(25)35-17-16-30-22-11-5-4-10-21(22)29-28(30)20-18-27(32)31(19-20)23-12-6-7-13-24(23)33-2/h4-15,20H,3,16-19H2,1-2H3. The first-order chi connectivity index (χ1) is 17.2. The zero-order chi connectivity index (χ0) is 24.2. The number of fused-ring (bicyclic) bond motifs is 1. The molecule has 3 aromatic carbocycles. The number of anilines is 1. The Labute approximate surface area is 204 Å². The fraction of sp³-hybridized carbons (Fsp3) is 0.286. The highest BCUT2D eigenvalue weighted by Crippen LogP contribution is 2.37. The van der Waals surface area contributed by atoms with Crippen LogP contribution in [0, 0.1) is 0 Å². The molecule has 0 radical (unpaired) electrons. The number of rotatable bonds is 9. The Morgan fingerprint density at radius 2 is 1.60 bits per heavy atom. The molecule has 1 fully saturated rings. The number of benzene rings is 3. The monoisotopic (exact) mass is 471 g/mol. The zero-order valence-corrected chi connectivity index (χ0v) is 20.0. The number of imidazole rings is 1. The summed E-state index contributed by atoms with van der Waals surface area (Å²) in [6.45, 7) is 4.15. The van der Waals surface area contributed by atoms with Crippen LogP contribution in [0.1, 0.15) is 25.1 Å². The molecule has 1 saturated heterocycles. The third-order valence-corrected chi connectivity index (χ3v) is 6.27.